The predicted molar refractivity (Wildman–Crippen MR) is 108 cm³/mol. The van der Waals surface area contributed by atoms with Crippen LogP contribution in [0.3, 0.4) is 0 Å². The molecule has 3 aromatic rings. The molecule has 0 bridgehead atoms. The highest BCUT2D eigenvalue weighted by Gasteiger charge is 2.31. The average Bonchev–Trinajstić information content (AvgIpc) is 2.99. The number of ketones is 1. The molecular formula is C22H21F3O3S. The third-order valence-electron chi connectivity index (χ3n) is 4.90. The third kappa shape index (κ3) is 4.40. The molecule has 7 heteroatoms. The van der Waals surface area contributed by atoms with Crippen LogP contribution >= 0.6 is 11.3 Å². The van der Waals surface area contributed by atoms with Crippen LogP contribution in [-0.2, 0) is 19.0 Å². The number of rotatable bonds is 6. The van der Waals surface area contributed by atoms with Gasteiger partial charge in [-0.2, -0.15) is 13.2 Å². The van der Waals surface area contributed by atoms with Crippen LogP contribution < -0.4 is 0 Å². The minimum Gasteiger partial charge on any atom is -0.508 e. The lowest BCUT2D eigenvalue weighted by Crippen LogP contribution is -2.04. The van der Waals surface area contributed by atoms with Crippen molar-refractivity contribution in [1.29, 1.82) is 0 Å². The topological polar surface area (TPSA) is 57.5 Å². The van der Waals surface area contributed by atoms with Crippen molar-refractivity contribution in [2.45, 2.75) is 45.7 Å². The number of fused-ring (bicyclic) bond motifs is 1. The van der Waals surface area contributed by atoms with Crippen molar-refractivity contribution < 1.29 is 28.2 Å². The molecule has 0 saturated carbocycles. The second-order valence-electron chi connectivity index (χ2n) is 7.04. The highest BCUT2D eigenvalue weighted by Crippen LogP contribution is 2.38. The van der Waals surface area contributed by atoms with Crippen LogP contribution in [0.2, 0.25) is 0 Å². The number of hydrogen-bond acceptors (Lipinski definition) is 4. The zero-order chi connectivity index (χ0) is 21.3. The van der Waals surface area contributed by atoms with Gasteiger partial charge in [0.15, 0.2) is 5.78 Å². The Hall–Kier alpha value is -2.54. The van der Waals surface area contributed by atoms with Gasteiger partial charge in [0.05, 0.1) is 11.1 Å². The van der Waals surface area contributed by atoms with Crippen LogP contribution in [0.1, 0.15) is 51.7 Å². The number of halogens is 3. The fourth-order valence-corrected chi connectivity index (χ4v) is 4.67. The summed E-state index contributed by atoms with van der Waals surface area (Å²) in [6.45, 7) is 3.63. The first kappa shape index (κ1) is 21.2. The second kappa shape index (κ2) is 8.06. The molecule has 0 saturated heterocycles. The van der Waals surface area contributed by atoms with Crippen molar-refractivity contribution in [2.75, 3.05) is 0 Å². The van der Waals surface area contributed by atoms with E-state index < -0.39 is 11.7 Å². The van der Waals surface area contributed by atoms with Crippen LogP contribution in [0.25, 0.3) is 10.1 Å². The molecule has 1 heterocycles. The molecular weight excluding hydrogens is 401 g/mol. The molecule has 29 heavy (non-hydrogen) atoms. The molecule has 3 nitrogen and oxygen atoms in total. The molecule has 2 aromatic carbocycles. The van der Waals surface area contributed by atoms with Crippen LogP contribution in [-0.4, -0.2) is 16.0 Å². The normalized spacial score (nSPS) is 11.9. The number of Topliss-reactive ketones (excluding diaryl/α,β-unsaturated/α-hetero) is 1. The summed E-state index contributed by atoms with van der Waals surface area (Å²) in [4.78, 5) is 13.5. The SMILES string of the molecule is CCCc1c(CCC(=O)c2cc(C)c(O)cc2O)sc2cc(C(F)(F)F)ccc12. The number of hydrogen-bond donors (Lipinski definition) is 2. The molecule has 0 spiro atoms. The molecule has 2 N–H and O–H groups in total. The Morgan fingerprint density at radius 3 is 2.45 bits per heavy atom. The lowest BCUT2D eigenvalue weighted by Gasteiger charge is -2.08. The van der Waals surface area contributed by atoms with E-state index in [-0.39, 0.29) is 29.3 Å². The summed E-state index contributed by atoms with van der Waals surface area (Å²) < 4.78 is 39.7. The van der Waals surface area contributed by atoms with Gasteiger partial charge in [0, 0.05) is 22.1 Å². The summed E-state index contributed by atoms with van der Waals surface area (Å²) in [6, 6.07) is 6.36. The first-order valence-electron chi connectivity index (χ1n) is 9.29. The highest BCUT2D eigenvalue weighted by atomic mass is 32.1. The molecule has 3 rings (SSSR count). The number of phenolic OH excluding ortho intramolecular Hbond substituents is 2. The number of phenols is 2. The lowest BCUT2D eigenvalue weighted by atomic mass is 9.99. The summed E-state index contributed by atoms with van der Waals surface area (Å²) in [7, 11) is 0. The number of carbonyl (C=O) groups excluding carboxylic acids is 1. The zero-order valence-electron chi connectivity index (χ0n) is 16.1. The van der Waals surface area contributed by atoms with Crippen molar-refractivity contribution >= 4 is 27.2 Å². The average molecular weight is 422 g/mol. The van der Waals surface area contributed by atoms with E-state index in [4.69, 9.17) is 0 Å². The van der Waals surface area contributed by atoms with Crippen LogP contribution in [0, 0.1) is 6.92 Å². The van der Waals surface area contributed by atoms with Gasteiger partial charge in [0.1, 0.15) is 11.5 Å². The van der Waals surface area contributed by atoms with Crippen molar-refractivity contribution in [3.8, 4) is 11.5 Å². The van der Waals surface area contributed by atoms with E-state index in [1.807, 2.05) is 6.92 Å². The number of alkyl halides is 3. The van der Waals surface area contributed by atoms with E-state index in [0.29, 0.717) is 16.7 Å². The van der Waals surface area contributed by atoms with Crippen molar-refractivity contribution in [1.82, 2.24) is 0 Å². The monoisotopic (exact) mass is 422 g/mol. The Morgan fingerprint density at radius 1 is 1.07 bits per heavy atom. The van der Waals surface area contributed by atoms with Gasteiger partial charge >= 0.3 is 6.18 Å². The molecule has 0 aliphatic rings. The van der Waals surface area contributed by atoms with Gasteiger partial charge in [-0.1, -0.05) is 19.4 Å². The molecule has 1 aromatic heterocycles. The molecule has 0 aliphatic carbocycles. The number of aromatic hydroxyl groups is 2. The Labute approximate surface area is 170 Å². The standard InChI is InChI=1S/C22H21F3O3S/c1-3-4-14-15-6-5-13(22(23,24)25)10-21(15)29-20(14)8-7-17(26)16-9-12(2)18(27)11-19(16)28/h5-6,9-11,27-28H,3-4,7-8H2,1-2H3. The molecule has 0 amide bonds. The van der Waals surface area contributed by atoms with Gasteiger partial charge < -0.3 is 10.2 Å². The first-order valence-corrected chi connectivity index (χ1v) is 10.1. The van der Waals surface area contributed by atoms with Gasteiger partial charge in [0.2, 0.25) is 0 Å². The molecule has 0 atom stereocenters. The van der Waals surface area contributed by atoms with Crippen LogP contribution in [0.15, 0.2) is 30.3 Å². The van der Waals surface area contributed by atoms with Crippen LogP contribution in [0.4, 0.5) is 13.2 Å². The number of carbonyl (C=O) groups is 1. The largest absolute Gasteiger partial charge is 0.508 e. The van der Waals surface area contributed by atoms with Gasteiger partial charge in [-0.05, 0) is 54.5 Å². The Kier molecular flexibility index (Phi) is 5.89. The van der Waals surface area contributed by atoms with E-state index in [9.17, 15) is 28.2 Å². The molecule has 0 unspecified atom stereocenters. The molecule has 0 fully saturated rings. The second-order valence-corrected chi connectivity index (χ2v) is 8.18. The van der Waals surface area contributed by atoms with Crippen molar-refractivity contribution in [3.05, 3.63) is 57.5 Å². The highest BCUT2D eigenvalue weighted by molar-refractivity contribution is 7.19. The first-order chi connectivity index (χ1) is 13.6. The summed E-state index contributed by atoms with van der Waals surface area (Å²) >= 11 is 1.29. The fraction of sp³-hybridized carbons (Fsp3) is 0.318. The van der Waals surface area contributed by atoms with E-state index >= 15 is 0 Å². The molecule has 0 aliphatic heterocycles. The number of aryl methyl sites for hydroxylation is 3. The summed E-state index contributed by atoms with van der Waals surface area (Å²) in [5.41, 5.74) is 0.929. The smallest absolute Gasteiger partial charge is 0.416 e. The fourth-order valence-electron chi connectivity index (χ4n) is 3.37. The summed E-state index contributed by atoms with van der Waals surface area (Å²) in [5.74, 6) is -0.645. The van der Waals surface area contributed by atoms with Crippen LogP contribution in [0.5, 0.6) is 11.5 Å². The Bertz CT molecular complexity index is 1070. The van der Waals surface area contributed by atoms with Gasteiger partial charge in [-0.15, -0.1) is 11.3 Å². The summed E-state index contributed by atoms with van der Waals surface area (Å²) in [6.07, 6.45) is -2.33. The van der Waals surface area contributed by atoms with Gasteiger partial charge in [-0.3, -0.25) is 4.79 Å². The van der Waals surface area contributed by atoms with E-state index in [1.165, 1.54) is 29.5 Å². The Balaban J connectivity index is 1.90. The Morgan fingerprint density at radius 2 is 1.79 bits per heavy atom. The van der Waals surface area contributed by atoms with E-state index in [2.05, 4.69) is 0 Å². The quantitative estimate of drug-likeness (QED) is 0.452. The maximum atomic E-state index is 13.0. The van der Waals surface area contributed by atoms with Gasteiger partial charge in [-0.25, -0.2) is 0 Å². The summed E-state index contributed by atoms with van der Waals surface area (Å²) in [5, 5.41) is 20.4. The lowest BCUT2D eigenvalue weighted by molar-refractivity contribution is -0.137. The molecule has 154 valence electrons. The van der Waals surface area contributed by atoms with Crippen molar-refractivity contribution in [3.63, 3.8) is 0 Å². The predicted octanol–water partition coefficient (Wildman–Crippen LogP) is 6.41. The number of thiophene rings is 1. The third-order valence-corrected chi connectivity index (χ3v) is 6.15. The van der Waals surface area contributed by atoms with Gasteiger partial charge in [0.25, 0.3) is 0 Å². The maximum absolute atomic E-state index is 13.0. The maximum Gasteiger partial charge on any atom is 0.416 e. The zero-order valence-corrected chi connectivity index (χ0v) is 16.9. The van der Waals surface area contributed by atoms with E-state index in [1.54, 1.807) is 6.92 Å². The minimum atomic E-state index is -4.40. The molecule has 0 radical (unpaired) electrons. The number of benzene rings is 2. The van der Waals surface area contributed by atoms with Crippen molar-refractivity contribution in [2.24, 2.45) is 0 Å². The van der Waals surface area contributed by atoms with E-state index in [0.717, 1.165) is 40.8 Å². The minimum absolute atomic E-state index is 0.0887.